The number of para-hydroxylation sites is 2. The van der Waals surface area contributed by atoms with Crippen molar-refractivity contribution in [2.45, 2.75) is 0 Å². The fourth-order valence-electron chi connectivity index (χ4n) is 2.26. The minimum atomic E-state index is -0.728. The van der Waals surface area contributed by atoms with E-state index in [-0.39, 0.29) is 23.7 Å². The van der Waals surface area contributed by atoms with Crippen LogP contribution < -0.4 is 19.5 Å². The summed E-state index contributed by atoms with van der Waals surface area (Å²) in [5.74, 6) is -0.804. The van der Waals surface area contributed by atoms with Crippen molar-refractivity contribution >= 4 is 23.5 Å². The Kier molecular flexibility index (Phi) is 7.84. The van der Waals surface area contributed by atoms with Gasteiger partial charge in [-0.2, -0.15) is 0 Å². The topological polar surface area (TPSA) is 109 Å². The van der Waals surface area contributed by atoms with Crippen LogP contribution in [-0.2, 0) is 19.1 Å². The first-order valence-electron chi connectivity index (χ1n) is 8.46. The van der Waals surface area contributed by atoms with Gasteiger partial charge in [0.15, 0.2) is 24.7 Å². The summed E-state index contributed by atoms with van der Waals surface area (Å²) < 4.78 is 25.1. The molecule has 0 fully saturated rings. The third kappa shape index (κ3) is 6.13. The summed E-state index contributed by atoms with van der Waals surface area (Å²) >= 11 is 0. The highest BCUT2D eigenvalue weighted by Crippen LogP contribution is 2.28. The van der Waals surface area contributed by atoms with Crippen LogP contribution >= 0.6 is 0 Å². The van der Waals surface area contributed by atoms with Crippen molar-refractivity contribution in [3.05, 3.63) is 48.0 Å². The van der Waals surface area contributed by atoms with Crippen molar-refractivity contribution in [2.75, 3.05) is 39.9 Å². The lowest BCUT2D eigenvalue weighted by molar-refractivity contribution is -0.144. The van der Waals surface area contributed by atoms with E-state index in [1.54, 1.807) is 24.3 Å². The number of benzene rings is 2. The molecule has 0 aliphatic carbocycles. The molecule has 0 radical (unpaired) electrons. The van der Waals surface area contributed by atoms with Crippen molar-refractivity contribution in [1.82, 2.24) is 0 Å². The number of hydrogen-bond acceptors (Lipinski definition) is 8. The first-order valence-corrected chi connectivity index (χ1v) is 8.46. The number of ether oxygens (including phenoxy) is 5. The highest BCUT2D eigenvalue weighted by atomic mass is 16.6. The molecule has 2 aromatic carbocycles. The van der Waals surface area contributed by atoms with Gasteiger partial charge in [0.2, 0.25) is 0 Å². The van der Waals surface area contributed by atoms with Crippen LogP contribution in [0, 0.1) is 0 Å². The van der Waals surface area contributed by atoms with E-state index in [9.17, 15) is 14.4 Å². The van der Waals surface area contributed by atoms with Gasteiger partial charge in [-0.1, -0.05) is 12.1 Å². The van der Waals surface area contributed by atoms with Crippen molar-refractivity contribution < 1.29 is 38.1 Å². The van der Waals surface area contributed by atoms with Gasteiger partial charge in [-0.15, -0.1) is 0 Å². The summed E-state index contributed by atoms with van der Waals surface area (Å²) in [4.78, 5) is 35.2. The largest absolute Gasteiger partial charge is 0.495 e. The zero-order valence-electron chi connectivity index (χ0n) is 16.2. The molecule has 29 heavy (non-hydrogen) atoms. The molecular formula is C20H21NO8. The molecule has 9 heteroatoms. The molecule has 0 saturated carbocycles. The van der Waals surface area contributed by atoms with E-state index >= 15 is 0 Å². The summed E-state index contributed by atoms with van der Waals surface area (Å²) in [6.45, 7) is -0.792. The second-order valence-corrected chi connectivity index (χ2v) is 5.56. The molecule has 1 amide bonds. The van der Waals surface area contributed by atoms with E-state index in [0.29, 0.717) is 11.4 Å². The van der Waals surface area contributed by atoms with E-state index < -0.39 is 24.5 Å². The van der Waals surface area contributed by atoms with Crippen LogP contribution in [0.3, 0.4) is 0 Å². The summed E-state index contributed by atoms with van der Waals surface area (Å²) in [5, 5.41) is 2.68. The van der Waals surface area contributed by atoms with Gasteiger partial charge >= 0.3 is 11.9 Å². The quantitative estimate of drug-likeness (QED) is 0.634. The first kappa shape index (κ1) is 21.5. The molecule has 0 atom stereocenters. The number of carbonyl (C=O) groups is 3. The van der Waals surface area contributed by atoms with E-state index in [0.717, 1.165) is 0 Å². The third-order valence-corrected chi connectivity index (χ3v) is 3.69. The van der Waals surface area contributed by atoms with Gasteiger partial charge in [-0.3, -0.25) is 4.79 Å². The molecule has 2 aromatic rings. The van der Waals surface area contributed by atoms with E-state index in [1.807, 2.05) is 0 Å². The summed E-state index contributed by atoms with van der Waals surface area (Å²) in [6, 6.07) is 11.2. The van der Waals surface area contributed by atoms with Crippen LogP contribution in [0.15, 0.2) is 42.5 Å². The Hall–Kier alpha value is -3.75. The Morgan fingerprint density at radius 2 is 1.59 bits per heavy atom. The van der Waals surface area contributed by atoms with Crippen LogP contribution in [0.5, 0.6) is 17.2 Å². The number of methoxy groups -OCH3 is 3. The predicted octanol–water partition coefficient (Wildman–Crippen LogP) is 2.05. The number of amides is 1. The van der Waals surface area contributed by atoms with E-state index in [1.165, 1.54) is 39.5 Å². The minimum absolute atomic E-state index is 0.150. The zero-order chi connectivity index (χ0) is 21.2. The Morgan fingerprint density at radius 3 is 2.28 bits per heavy atom. The molecule has 0 unspecified atom stereocenters. The van der Waals surface area contributed by atoms with Crippen molar-refractivity contribution in [2.24, 2.45) is 0 Å². The summed E-state index contributed by atoms with van der Waals surface area (Å²) in [7, 11) is 4.08. The Balaban J connectivity index is 1.99. The number of esters is 2. The summed E-state index contributed by atoms with van der Waals surface area (Å²) in [5.41, 5.74) is 0.663. The molecule has 0 aromatic heterocycles. The maximum absolute atomic E-state index is 12.2. The second kappa shape index (κ2) is 10.5. The number of carbonyl (C=O) groups excluding carboxylic acids is 3. The molecule has 0 aliphatic rings. The molecule has 1 N–H and O–H groups in total. The predicted molar refractivity (Wildman–Crippen MR) is 102 cm³/mol. The highest BCUT2D eigenvalue weighted by molar-refractivity contribution is 5.93. The number of rotatable bonds is 9. The van der Waals surface area contributed by atoms with Gasteiger partial charge in [-0.05, 0) is 30.3 Å². The van der Waals surface area contributed by atoms with Crippen molar-refractivity contribution in [3.63, 3.8) is 0 Å². The average molecular weight is 403 g/mol. The van der Waals surface area contributed by atoms with Gasteiger partial charge in [-0.25, -0.2) is 9.59 Å². The van der Waals surface area contributed by atoms with Gasteiger partial charge < -0.3 is 29.0 Å². The average Bonchev–Trinajstić information content (AvgIpc) is 2.75. The fraction of sp³-hybridized carbons (Fsp3) is 0.250. The lowest BCUT2D eigenvalue weighted by Crippen LogP contribution is -2.20. The Bertz CT molecular complexity index is 881. The first-order chi connectivity index (χ1) is 14.0. The maximum Gasteiger partial charge on any atom is 0.344 e. The van der Waals surface area contributed by atoms with Crippen LogP contribution in [0.1, 0.15) is 10.4 Å². The molecule has 0 saturated heterocycles. The van der Waals surface area contributed by atoms with Crippen LogP contribution in [0.4, 0.5) is 5.69 Å². The lowest BCUT2D eigenvalue weighted by Gasteiger charge is -2.13. The molecule has 2 rings (SSSR count). The Morgan fingerprint density at radius 1 is 0.862 bits per heavy atom. The van der Waals surface area contributed by atoms with Gasteiger partial charge in [0, 0.05) is 0 Å². The molecule has 0 spiro atoms. The Labute approximate surface area is 167 Å². The maximum atomic E-state index is 12.2. The van der Waals surface area contributed by atoms with Crippen LogP contribution in [-0.4, -0.2) is 52.4 Å². The number of nitrogens with one attached hydrogen (secondary N) is 1. The molecular weight excluding hydrogens is 382 g/mol. The normalized spacial score (nSPS) is 9.90. The van der Waals surface area contributed by atoms with Gasteiger partial charge in [0.25, 0.3) is 5.91 Å². The van der Waals surface area contributed by atoms with Crippen molar-refractivity contribution in [3.8, 4) is 17.2 Å². The summed E-state index contributed by atoms with van der Waals surface area (Å²) in [6.07, 6.45) is 0. The monoisotopic (exact) mass is 403 g/mol. The standard InChI is InChI=1S/C20H21NO8/c1-25-15-7-5-4-6-14(15)21-18(22)11-28-16-9-8-13(10-17(16)26-2)20(24)29-12-19(23)27-3/h4-10H,11-12H2,1-3H3,(H,21,22). The molecule has 0 heterocycles. The second-order valence-electron chi connectivity index (χ2n) is 5.56. The lowest BCUT2D eigenvalue weighted by atomic mass is 10.2. The highest BCUT2D eigenvalue weighted by Gasteiger charge is 2.15. The van der Waals surface area contributed by atoms with Gasteiger partial charge in [0.1, 0.15) is 5.75 Å². The molecule has 0 aliphatic heterocycles. The SMILES string of the molecule is COC(=O)COC(=O)c1ccc(OCC(=O)Nc2ccccc2OC)c(OC)c1. The third-order valence-electron chi connectivity index (χ3n) is 3.69. The van der Waals surface area contributed by atoms with Crippen LogP contribution in [0.25, 0.3) is 0 Å². The molecule has 154 valence electrons. The van der Waals surface area contributed by atoms with E-state index in [4.69, 9.17) is 18.9 Å². The van der Waals surface area contributed by atoms with Crippen molar-refractivity contribution in [1.29, 1.82) is 0 Å². The smallest absolute Gasteiger partial charge is 0.344 e. The molecule has 0 bridgehead atoms. The van der Waals surface area contributed by atoms with Crippen LogP contribution in [0.2, 0.25) is 0 Å². The number of anilines is 1. The van der Waals surface area contributed by atoms with E-state index in [2.05, 4.69) is 10.1 Å². The molecule has 9 nitrogen and oxygen atoms in total. The minimum Gasteiger partial charge on any atom is -0.495 e. The fourth-order valence-corrected chi connectivity index (χ4v) is 2.26. The zero-order valence-corrected chi connectivity index (χ0v) is 16.2. The number of hydrogen-bond donors (Lipinski definition) is 1. The van der Waals surface area contributed by atoms with Gasteiger partial charge in [0.05, 0.1) is 32.6 Å².